The van der Waals surface area contributed by atoms with Gasteiger partial charge in [0.25, 0.3) is 5.91 Å². The summed E-state index contributed by atoms with van der Waals surface area (Å²) in [4.78, 5) is 12.1. The van der Waals surface area contributed by atoms with E-state index in [-0.39, 0.29) is 17.9 Å². The Bertz CT molecular complexity index is 731. The first kappa shape index (κ1) is 18.6. The number of benzene rings is 2. The largest absolute Gasteiger partial charge is 0.483 e. The monoisotopic (exact) mass is 365 g/mol. The minimum atomic E-state index is -0.270. The van der Waals surface area contributed by atoms with Gasteiger partial charge in [0.15, 0.2) is 6.61 Å². The van der Waals surface area contributed by atoms with Gasteiger partial charge in [-0.3, -0.25) is 4.79 Å². The first-order chi connectivity index (χ1) is 11.1. The summed E-state index contributed by atoms with van der Waals surface area (Å²) in [5.74, 6) is 0.446. The van der Waals surface area contributed by atoms with E-state index in [1.165, 1.54) is 0 Å². The molecule has 1 amide bonds. The van der Waals surface area contributed by atoms with E-state index in [4.69, 9.17) is 27.9 Å². The van der Waals surface area contributed by atoms with Crippen molar-refractivity contribution in [1.29, 1.82) is 0 Å². The molecule has 0 unspecified atom stereocenters. The van der Waals surface area contributed by atoms with Crippen molar-refractivity contribution in [2.24, 2.45) is 0 Å². The Hall–Kier alpha value is -1.71. The zero-order valence-electron chi connectivity index (χ0n) is 14.2. The van der Waals surface area contributed by atoms with Crippen molar-refractivity contribution in [2.45, 2.75) is 33.1 Å². The third kappa shape index (κ3) is 5.15. The number of halogens is 2. The molecule has 0 radical (unpaired) electrons. The van der Waals surface area contributed by atoms with Crippen LogP contribution in [0.3, 0.4) is 0 Å². The predicted octanol–water partition coefficient (Wildman–Crippen LogP) is 5.62. The van der Waals surface area contributed by atoms with Gasteiger partial charge in [-0.2, -0.15) is 0 Å². The van der Waals surface area contributed by atoms with Crippen molar-refractivity contribution in [1.82, 2.24) is 0 Å². The zero-order chi connectivity index (χ0) is 17.9. The van der Waals surface area contributed by atoms with Crippen LogP contribution in [0.5, 0.6) is 5.75 Å². The Morgan fingerprint density at radius 3 is 2.29 bits per heavy atom. The van der Waals surface area contributed by atoms with Crippen LogP contribution in [0.15, 0.2) is 36.4 Å². The van der Waals surface area contributed by atoms with Crippen LogP contribution < -0.4 is 10.1 Å². The zero-order valence-corrected chi connectivity index (χ0v) is 15.8. The molecule has 24 heavy (non-hydrogen) atoms. The molecular weight excluding hydrogens is 345 g/mol. The van der Waals surface area contributed by atoms with Crippen molar-refractivity contribution >= 4 is 34.8 Å². The highest BCUT2D eigenvalue weighted by molar-refractivity contribution is 6.35. The molecule has 0 spiro atoms. The Balaban J connectivity index is 2.07. The fourth-order valence-corrected chi connectivity index (χ4v) is 2.85. The maximum atomic E-state index is 12.1. The average Bonchev–Trinajstić information content (AvgIpc) is 2.43. The lowest BCUT2D eigenvalue weighted by Gasteiger charge is -2.23. The standard InChI is InChI=1S/C19H21Cl2NO2/c1-12-5-6-17(16(7-12)19(2,3)4)24-11-18(23)22-15-9-13(20)8-14(21)10-15/h5-10H,11H2,1-4H3,(H,22,23). The highest BCUT2D eigenvalue weighted by atomic mass is 35.5. The van der Waals surface area contributed by atoms with Gasteiger partial charge in [0.05, 0.1) is 0 Å². The van der Waals surface area contributed by atoms with Crippen LogP contribution in [0.1, 0.15) is 31.9 Å². The van der Waals surface area contributed by atoms with Crippen LogP contribution in [-0.4, -0.2) is 12.5 Å². The fourth-order valence-electron chi connectivity index (χ4n) is 2.32. The molecule has 0 fully saturated rings. The van der Waals surface area contributed by atoms with Gasteiger partial charge in [0.2, 0.25) is 0 Å². The van der Waals surface area contributed by atoms with E-state index >= 15 is 0 Å². The molecule has 5 heteroatoms. The Morgan fingerprint density at radius 2 is 1.71 bits per heavy atom. The number of amides is 1. The van der Waals surface area contributed by atoms with E-state index < -0.39 is 0 Å². The van der Waals surface area contributed by atoms with E-state index in [9.17, 15) is 4.79 Å². The van der Waals surface area contributed by atoms with Crippen LogP contribution >= 0.6 is 23.2 Å². The van der Waals surface area contributed by atoms with Crippen LogP contribution in [0.2, 0.25) is 10.0 Å². The summed E-state index contributed by atoms with van der Waals surface area (Å²) in [5.41, 5.74) is 2.70. The summed E-state index contributed by atoms with van der Waals surface area (Å²) in [5, 5.41) is 3.66. The quantitative estimate of drug-likeness (QED) is 0.763. The Labute approximate surface area is 152 Å². The highest BCUT2D eigenvalue weighted by Crippen LogP contribution is 2.32. The maximum absolute atomic E-state index is 12.1. The fraction of sp³-hybridized carbons (Fsp3) is 0.316. The SMILES string of the molecule is Cc1ccc(OCC(=O)Nc2cc(Cl)cc(Cl)c2)c(C(C)(C)C)c1. The Kier molecular flexibility index (Phi) is 5.79. The molecule has 0 aliphatic rings. The van der Waals surface area contributed by atoms with E-state index in [0.717, 1.165) is 11.1 Å². The molecule has 1 N–H and O–H groups in total. The molecule has 2 rings (SSSR count). The van der Waals surface area contributed by atoms with E-state index in [1.54, 1.807) is 18.2 Å². The van der Waals surface area contributed by atoms with Gasteiger partial charge >= 0.3 is 0 Å². The summed E-state index contributed by atoms with van der Waals surface area (Å²) in [7, 11) is 0. The summed E-state index contributed by atoms with van der Waals surface area (Å²) in [6.45, 7) is 8.29. The van der Waals surface area contributed by atoms with Gasteiger partial charge in [0.1, 0.15) is 5.75 Å². The second-order valence-corrected chi connectivity index (χ2v) is 7.62. The second kappa shape index (κ2) is 7.45. The molecule has 0 heterocycles. The van der Waals surface area contributed by atoms with Gasteiger partial charge in [0, 0.05) is 15.7 Å². The van der Waals surface area contributed by atoms with Crippen LogP contribution in [0, 0.1) is 6.92 Å². The van der Waals surface area contributed by atoms with Gasteiger partial charge in [-0.05, 0) is 42.2 Å². The number of anilines is 1. The smallest absolute Gasteiger partial charge is 0.262 e. The first-order valence-electron chi connectivity index (χ1n) is 7.65. The topological polar surface area (TPSA) is 38.3 Å². The second-order valence-electron chi connectivity index (χ2n) is 6.74. The third-order valence-electron chi connectivity index (χ3n) is 3.45. The normalized spacial score (nSPS) is 11.2. The van der Waals surface area contributed by atoms with Crippen LogP contribution in [0.4, 0.5) is 5.69 Å². The Morgan fingerprint density at radius 1 is 1.08 bits per heavy atom. The number of carbonyl (C=O) groups is 1. The summed E-state index contributed by atoms with van der Waals surface area (Å²) >= 11 is 11.9. The van der Waals surface area contributed by atoms with Gasteiger partial charge in [-0.25, -0.2) is 0 Å². The molecule has 2 aromatic carbocycles. The summed E-state index contributed by atoms with van der Waals surface area (Å²) < 4.78 is 5.74. The summed E-state index contributed by atoms with van der Waals surface area (Å²) in [6.07, 6.45) is 0. The first-order valence-corrected chi connectivity index (χ1v) is 8.40. The predicted molar refractivity (Wildman–Crippen MR) is 100 cm³/mol. The lowest BCUT2D eigenvalue weighted by atomic mass is 9.85. The number of rotatable bonds is 4. The maximum Gasteiger partial charge on any atom is 0.262 e. The van der Waals surface area contributed by atoms with Crippen molar-refractivity contribution in [3.63, 3.8) is 0 Å². The molecule has 0 aliphatic carbocycles. The third-order valence-corrected chi connectivity index (χ3v) is 3.88. The van der Waals surface area contributed by atoms with Crippen molar-refractivity contribution in [3.05, 3.63) is 57.6 Å². The molecular formula is C19H21Cl2NO2. The van der Waals surface area contributed by atoms with Crippen molar-refractivity contribution in [2.75, 3.05) is 11.9 Å². The average molecular weight is 366 g/mol. The molecule has 0 atom stereocenters. The molecule has 0 aromatic heterocycles. The highest BCUT2D eigenvalue weighted by Gasteiger charge is 2.19. The lowest BCUT2D eigenvalue weighted by Crippen LogP contribution is -2.22. The molecule has 3 nitrogen and oxygen atoms in total. The minimum absolute atomic E-state index is 0.0711. The number of hydrogen-bond acceptors (Lipinski definition) is 2. The molecule has 0 bridgehead atoms. The number of carbonyl (C=O) groups excluding carboxylic acids is 1. The molecule has 128 valence electrons. The van der Waals surface area contributed by atoms with Crippen LogP contribution in [0.25, 0.3) is 0 Å². The molecule has 2 aromatic rings. The number of nitrogens with one attached hydrogen (secondary N) is 1. The lowest BCUT2D eigenvalue weighted by molar-refractivity contribution is -0.118. The van der Waals surface area contributed by atoms with Crippen molar-refractivity contribution < 1.29 is 9.53 Å². The van der Waals surface area contributed by atoms with Gasteiger partial charge in [-0.15, -0.1) is 0 Å². The van der Waals surface area contributed by atoms with Gasteiger partial charge in [-0.1, -0.05) is 61.7 Å². The van der Waals surface area contributed by atoms with Crippen molar-refractivity contribution in [3.8, 4) is 5.75 Å². The van der Waals surface area contributed by atoms with Crippen LogP contribution in [-0.2, 0) is 10.2 Å². The molecule has 0 saturated heterocycles. The number of aryl methyl sites for hydroxylation is 1. The van der Waals surface area contributed by atoms with Gasteiger partial charge < -0.3 is 10.1 Å². The molecule has 0 saturated carbocycles. The van der Waals surface area contributed by atoms with E-state index in [2.05, 4.69) is 32.2 Å². The minimum Gasteiger partial charge on any atom is -0.483 e. The van der Waals surface area contributed by atoms with E-state index in [1.807, 2.05) is 19.1 Å². The number of ether oxygens (including phenoxy) is 1. The number of hydrogen-bond donors (Lipinski definition) is 1. The van der Waals surface area contributed by atoms with E-state index in [0.29, 0.717) is 21.5 Å². The summed E-state index contributed by atoms with van der Waals surface area (Å²) in [6, 6.07) is 10.8. The molecule has 0 aliphatic heterocycles.